The highest BCUT2D eigenvalue weighted by atomic mass is 32.2. The third kappa shape index (κ3) is 4.13. The van der Waals surface area contributed by atoms with E-state index in [2.05, 4.69) is 22.0 Å². The largest absolute Gasteiger partial charge is 0.352 e. The van der Waals surface area contributed by atoms with Gasteiger partial charge >= 0.3 is 0 Å². The highest BCUT2D eigenvalue weighted by Gasteiger charge is 2.30. The van der Waals surface area contributed by atoms with Crippen LogP contribution in [0.4, 0.5) is 16.0 Å². The van der Waals surface area contributed by atoms with Crippen LogP contribution in [0.5, 0.6) is 0 Å². The summed E-state index contributed by atoms with van der Waals surface area (Å²) in [6.07, 6.45) is 3.60. The zero-order chi connectivity index (χ0) is 21.3. The Labute approximate surface area is 177 Å². The molecule has 2 fully saturated rings. The van der Waals surface area contributed by atoms with Gasteiger partial charge in [0.05, 0.1) is 4.90 Å². The molecule has 2 saturated heterocycles. The molecule has 9 heteroatoms. The first kappa shape index (κ1) is 21.0. The Morgan fingerprint density at radius 3 is 2.33 bits per heavy atom. The summed E-state index contributed by atoms with van der Waals surface area (Å²) in [5.41, 5.74) is 0.548. The van der Waals surface area contributed by atoms with Crippen LogP contribution in [-0.4, -0.2) is 61.7 Å². The number of benzene rings is 1. The van der Waals surface area contributed by atoms with E-state index in [1.807, 2.05) is 17.0 Å². The van der Waals surface area contributed by atoms with E-state index < -0.39 is 15.8 Å². The minimum atomic E-state index is -3.72. The van der Waals surface area contributed by atoms with Crippen molar-refractivity contribution in [1.82, 2.24) is 14.5 Å². The molecule has 0 amide bonds. The first-order valence-electron chi connectivity index (χ1n) is 10.5. The Balaban J connectivity index is 1.42. The van der Waals surface area contributed by atoms with Crippen molar-refractivity contribution in [3.63, 3.8) is 0 Å². The number of piperidine rings is 1. The molecule has 2 aromatic rings. The zero-order valence-corrected chi connectivity index (χ0v) is 18.3. The van der Waals surface area contributed by atoms with Gasteiger partial charge in [-0.05, 0) is 62.9 Å². The number of nitrogens with zero attached hydrogens (tertiary/aromatic N) is 5. The molecule has 0 saturated carbocycles. The van der Waals surface area contributed by atoms with Crippen molar-refractivity contribution in [2.24, 2.45) is 0 Å². The summed E-state index contributed by atoms with van der Waals surface area (Å²) in [5, 5.41) is 8.83. The molecule has 1 atom stereocenters. The topological polar surface area (TPSA) is 69.6 Å². The number of aryl methyl sites for hydroxylation is 1. The zero-order valence-electron chi connectivity index (χ0n) is 17.5. The van der Waals surface area contributed by atoms with Crippen molar-refractivity contribution in [3.05, 3.63) is 41.7 Å². The van der Waals surface area contributed by atoms with Gasteiger partial charge in [0, 0.05) is 38.8 Å². The summed E-state index contributed by atoms with van der Waals surface area (Å²) in [6.45, 7) is 6.59. The van der Waals surface area contributed by atoms with E-state index in [1.54, 1.807) is 6.92 Å². The highest BCUT2D eigenvalue weighted by molar-refractivity contribution is 7.89. The van der Waals surface area contributed by atoms with Gasteiger partial charge in [-0.15, -0.1) is 10.2 Å². The number of anilines is 2. The van der Waals surface area contributed by atoms with Crippen LogP contribution in [0.2, 0.25) is 0 Å². The van der Waals surface area contributed by atoms with Gasteiger partial charge < -0.3 is 9.80 Å². The third-order valence-electron chi connectivity index (χ3n) is 6.06. The van der Waals surface area contributed by atoms with Gasteiger partial charge in [0.2, 0.25) is 10.0 Å². The van der Waals surface area contributed by atoms with Gasteiger partial charge in [-0.3, -0.25) is 0 Å². The smallest absolute Gasteiger partial charge is 0.243 e. The van der Waals surface area contributed by atoms with Gasteiger partial charge in [-0.1, -0.05) is 6.07 Å². The first-order valence-corrected chi connectivity index (χ1v) is 11.9. The van der Waals surface area contributed by atoms with E-state index in [-0.39, 0.29) is 4.90 Å². The second kappa shape index (κ2) is 8.47. The summed E-state index contributed by atoms with van der Waals surface area (Å²) in [5.74, 6) is 1.10. The summed E-state index contributed by atoms with van der Waals surface area (Å²) >= 11 is 0. The minimum absolute atomic E-state index is 0.0377. The molecule has 3 heterocycles. The summed E-state index contributed by atoms with van der Waals surface area (Å²) in [4.78, 5) is 4.38. The van der Waals surface area contributed by atoms with Crippen LogP contribution in [0, 0.1) is 12.7 Å². The van der Waals surface area contributed by atoms with Gasteiger partial charge in [-0.25, -0.2) is 12.8 Å². The van der Waals surface area contributed by atoms with Crippen LogP contribution in [0.3, 0.4) is 0 Å². The maximum Gasteiger partial charge on any atom is 0.243 e. The van der Waals surface area contributed by atoms with Crippen molar-refractivity contribution in [2.45, 2.75) is 44.0 Å². The Bertz CT molecular complexity index is 991. The number of hydrogen-bond acceptors (Lipinski definition) is 6. The molecule has 0 unspecified atom stereocenters. The van der Waals surface area contributed by atoms with Gasteiger partial charge in [0.15, 0.2) is 11.6 Å². The lowest BCUT2D eigenvalue weighted by Gasteiger charge is -2.36. The van der Waals surface area contributed by atoms with Crippen LogP contribution in [0.1, 0.15) is 31.7 Å². The van der Waals surface area contributed by atoms with Crippen molar-refractivity contribution < 1.29 is 12.8 Å². The molecule has 0 radical (unpaired) electrons. The van der Waals surface area contributed by atoms with Crippen LogP contribution >= 0.6 is 0 Å². The fourth-order valence-corrected chi connectivity index (χ4v) is 5.89. The lowest BCUT2D eigenvalue weighted by atomic mass is 10.0. The van der Waals surface area contributed by atoms with E-state index in [0.29, 0.717) is 37.8 Å². The van der Waals surface area contributed by atoms with Gasteiger partial charge in [0.1, 0.15) is 5.82 Å². The molecule has 0 spiro atoms. The molecule has 7 nitrogen and oxygen atoms in total. The fourth-order valence-electron chi connectivity index (χ4n) is 4.23. The Morgan fingerprint density at radius 1 is 0.967 bits per heavy atom. The minimum Gasteiger partial charge on any atom is -0.352 e. The predicted molar refractivity (Wildman–Crippen MR) is 115 cm³/mol. The molecule has 2 aliphatic rings. The van der Waals surface area contributed by atoms with E-state index in [1.165, 1.54) is 35.7 Å². The van der Waals surface area contributed by atoms with Crippen molar-refractivity contribution in [2.75, 3.05) is 42.5 Å². The lowest BCUT2D eigenvalue weighted by Crippen LogP contribution is -2.49. The second-order valence-corrected chi connectivity index (χ2v) is 10.00. The number of rotatable bonds is 4. The average molecular weight is 434 g/mol. The Kier molecular flexibility index (Phi) is 5.92. The molecule has 0 aliphatic carbocycles. The molecule has 1 aromatic carbocycles. The number of aromatic nitrogens is 2. The summed E-state index contributed by atoms with van der Waals surface area (Å²) in [7, 11) is -3.72. The third-order valence-corrected chi connectivity index (χ3v) is 8.10. The lowest BCUT2D eigenvalue weighted by molar-refractivity contribution is 0.383. The molecule has 162 valence electrons. The van der Waals surface area contributed by atoms with Crippen molar-refractivity contribution >= 4 is 21.7 Å². The second-order valence-electron chi connectivity index (χ2n) is 8.09. The molecular weight excluding hydrogens is 405 g/mol. The fraction of sp³-hybridized carbons (Fsp3) is 0.524. The first-order chi connectivity index (χ1) is 14.4. The van der Waals surface area contributed by atoms with Gasteiger partial charge in [0.25, 0.3) is 0 Å². The molecule has 0 N–H and O–H groups in total. The standard InChI is InChI=1S/C21H28FN5O2S/c1-16-6-7-18(22)15-19(16)30(28,29)26-13-11-25(12-14-26)20-8-9-21(24-23-20)27-10-4-3-5-17(27)2/h6-9,15,17H,3-5,10-14H2,1-2H3/t17-/m0/s1. The monoisotopic (exact) mass is 433 g/mol. The number of piperazine rings is 1. The van der Waals surface area contributed by atoms with E-state index >= 15 is 0 Å². The molecule has 2 aliphatic heterocycles. The SMILES string of the molecule is Cc1ccc(F)cc1S(=O)(=O)N1CCN(c2ccc(N3CCCC[C@@H]3C)nn2)CC1. The van der Waals surface area contributed by atoms with Crippen molar-refractivity contribution in [1.29, 1.82) is 0 Å². The van der Waals surface area contributed by atoms with Gasteiger partial charge in [-0.2, -0.15) is 4.31 Å². The summed E-state index contributed by atoms with van der Waals surface area (Å²) < 4.78 is 41.0. The van der Waals surface area contributed by atoms with Crippen LogP contribution in [0.25, 0.3) is 0 Å². The van der Waals surface area contributed by atoms with E-state index in [9.17, 15) is 12.8 Å². The predicted octanol–water partition coefficient (Wildman–Crippen LogP) is 2.81. The molecule has 0 bridgehead atoms. The van der Waals surface area contributed by atoms with E-state index in [0.717, 1.165) is 24.2 Å². The van der Waals surface area contributed by atoms with Crippen LogP contribution in [0.15, 0.2) is 35.2 Å². The van der Waals surface area contributed by atoms with E-state index in [4.69, 9.17) is 0 Å². The maximum absolute atomic E-state index is 13.6. The van der Waals surface area contributed by atoms with Crippen LogP contribution < -0.4 is 9.80 Å². The van der Waals surface area contributed by atoms with Crippen LogP contribution in [-0.2, 0) is 10.0 Å². The maximum atomic E-state index is 13.6. The molecule has 4 rings (SSSR count). The quantitative estimate of drug-likeness (QED) is 0.739. The normalized spacial score (nSPS) is 21.1. The molecular formula is C21H28FN5O2S. The molecule has 1 aromatic heterocycles. The molecule has 30 heavy (non-hydrogen) atoms. The van der Waals surface area contributed by atoms with Crippen molar-refractivity contribution in [3.8, 4) is 0 Å². The Morgan fingerprint density at radius 2 is 1.67 bits per heavy atom. The number of halogens is 1. The summed E-state index contributed by atoms with van der Waals surface area (Å²) in [6, 6.07) is 8.31. The number of hydrogen-bond donors (Lipinski definition) is 0. The highest BCUT2D eigenvalue weighted by Crippen LogP contribution is 2.25. The average Bonchev–Trinajstić information content (AvgIpc) is 2.76. The Hall–Kier alpha value is -2.26. The number of sulfonamides is 1.